The molecule has 0 aliphatic heterocycles. The molecule has 0 saturated carbocycles. The van der Waals surface area contributed by atoms with Gasteiger partial charge in [0.05, 0.1) is 0 Å². The first-order valence-electron chi connectivity index (χ1n) is 6.20. The summed E-state index contributed by atoms with van der Waals surface area (Å²) in [7, 11) is 0. The van der Waals surface area contributed by atoms with Gasteiger partial charge in [0.1, 0.15) is 0 Å². The van der Waals surface area contributed by atoms with Crippen LogP contribution in [0.4, 0.5) is 0 Å². The average molecular weight is 261 g/mol. The monoisotopic (exact) mass is 260 g/mol. The lowest BCUT2D eigenvalue weighted by Gasteiger charge is -2.11. The Morgan fingerprint density at radius 3 is 2.39 bits per heavy atom. The summed E-state index contributed by atoms with van der Waals surface area (Å²) in [6.45, 7) is 10.5. The Kier molecular flexibility index (Phi) is 5.43. The second-order valence-electron chi connectivity index (χ2n) is 4.78. The standard InChI is InChI=1S/C17H21Cl/c1-6-7-16(14(5)10-12(2)3)17-11-15(18)9-8-13(17)4/h6-11H,1-5H3/b7-6-,16-14+. The largest absolute Gasteiger partial charge is 0.0870 e. The predicted octanol–water partition coefficient (Wildman–Crippen LogP) is 5.96. The maximum Gasteiger partial charge on any atom is 0.0412 e. The summed E-state index contributed by atoms with van der Waals surface area (Å²) >= 11 is 6.11. The number of rotatable bonds is 3. The number of allylic oxidation sites excluding steroid dienone is 6. The molecule has 0 N–H and O–H groups in total. The quantitative estimate of drug-likeness (QED) is 0.588. The molecule has 0 saturated heterocycles. The van der Waals surface area contributed by atoms with Crippen LogP contribution < -0.4 is 0 Å². The highest BCUT2D eigenvalue weighted by atomic mass is 35.5. The van der Waals surface area contributed by atoms with Crippen molar-refractivity contribution in [2.75, 3.05) is 0 Å². The van der Waals surface area contributed by atoms with Gasteiger partial charge >= 0.3 is 0 Å². The van der Waals surface area contributed by atoms with Gasteiger partial charge in [0.2, 0.25) is 0 Å². The second kappa shape index (κ2) is 6.61. The Hall–Kier alpha value is -1.27. The van der Waals surface area contributed by atoms with E-state index >= 15 is 0 Å². The van der Waals surface area contributed by atoms with Crippen molar-refractivity contribution in [3.63, 3.8) is 0 Å². The van der Waals surface area contributed by atoms with Crippen LogP contribution in [0.15, 0.2) is 47.6 Å². The van der Waals surface area contributed by atoms with Crippen LogP contribution in [0.1, 0.15) is 38.8 Å². The first kappa shape index (κ1) is 14.8. The smallest absolute Gasteiger partial charge is 0.0412 e. The van der Waals surface area contributed by atoms with Gasteiger partial charge in [0.15, 0.2) is 0 Å². The molecule has 0 aliphatic carbocycles. The van der Waals surface area contributed by atoms with E-state index in [0.717, 1.165) is 5.02 Å². The Balaban J connectivity index is 3.46. The van der Waals surface area contributed by atoms with Crippen LogP contribution in [-0.4, -0.2) is 0 Å². The van der Waals surface area contributed by atoms with Crippen LogP contribution in [0.25, 0.3) is 5.57 Å². The minimum absolute atomic E-state index is 0.780. The van der Waals surface area contributed by atoms with Crippen molar-refractivity contribution >= 4 is 17.2 Å². The molecule has 18 heavy (non-hydrogen) atoms. The topological polar surface area (TPSA) is 0 Å². The molecule has 1 rings (SSSR count). The van der Waals surface area contributed by atoms with Gasteiger partial charge in [-0.15, -0.1) is 0 Å². The van der Waals surface area contributed by atoms with Crippen LogP contribution >= 0.6 is 11.6 Å². The van der Waals surface area contributed by atoms with E-state index in [1.165, 1.54) is 27.8 Å². The first-order valence-corrected chi connectivity index (χ1v) is 6.58. The summed E-state index contributed by atoms with van der Waals surface area (Å²) in [5.74, 6) is 0. The molecule has 96 valence electrons. The summed E-state index contributed by atoms with van der Waals surface area (Å²) in [5.41, 5.74) is 6.25. The molecule has 0 bridgehead atoms. The zero-order chi connectivity index (χ0) is 13.7. The maximum absolute atomic E-state index is 6.11. The summed E-state index contributed by atoms with van der Waals surface area (Å²) in [5, 5.41) is 0.780. The zero-order valence-corrected chi connectivity index (χ0v) is 12.6. The third-order valence-electron chi connectivity index (χ3n) is 2.75. The fraction of sp³-hybridized carbons (Fsp3) is 0.294. The van der Waals surface area contributed by atoms with Crippen LogP contribution in [0.5, 0.6) is 0 Å². The Morgan fingerprint density at radius 2 is 1.83 bits per heavy atom. The summed E-state index contributed by atoms with van der Waals surface area (Å²) in [6.07, 6.45) is 6.42. The van der Waals surface area contributed by atoms with E-state index in [-0.39, 0.29) is 0 Å². The molecule has 1 heteroatoms. The Labute approximate surface area is 116 Å². The fourth-order valence-electron chi connectivity index (χ4n) is 2.00. The second-order valence-corrected chi connectivity index (χ2v) is 5.21. The van der Waals surface area contributed by atoms with Crippen molar-refractivity contribution in [2.45, 2.75) is 34.6 Å². The summed E-state index contributed by atoms with van der Waals surface area (Å²) < 4.78 is 0. The van der Waals surface area contributed by atoms with E-state index in [4.69, 9.17) is 11.6 Å². The van der Waals surface area contributed by atoms with E-state index in [0.29, 0.717) is 0 Å². The zero-order valence-electron chi connectivity index (χ0n) is 11.8. The van der Waals surface area contributed by atoms with E-state index in [1.54, 1.807) is 0 Å². The SMILES string of the molecule is C/C=C\C(=C(\C)C=C(C)C)c1cc(Cl)ccc1C. The Bertz CT molecular complexity index is 512. The highest BCUT2D eigenvalue weighted by Crippen LogP contribution is 2.27. The van der Waals surface area contributed by atoms with Crippen LogP contribution in [0.3, 0.4) is 0 Å². The van der Waals surface area contributed by atoms with E-state index in [2.05, 4.69) is 52.0 Å². The van der Waals surface area contributed by atoms with Gasteiger partial charge in [-0.2, -0.15) is 0 Å². The number of hydrogen-bond donors (Lipinski definition) is 0. The predicted molar refractivity (Wildman–Crippen MR) is 83.0 cm³/mol. The molecule has 0 radical (unpaired) electrons. The molecule has 1 aromatic rings. The molecular formula is C17H21Cl. The summed E-state index contributed by atoms with van der Waals surface area (Å²) in [4.78, 5) is 0. The lowest BCUT2D eigenvalue weighted by atomic mass is 9.95. The maximum atomic E-state index is 6.11. The first-order chi connectivity index (χ1) is 8.45. The fourth-order valence-corrected chi connectivity index (χ4v) is 2.17. The van der Waals surface area contributed by atoms with Crippen molar-refractivity contribution in [2.24, 2.45) is 0 Å². The highest BCUT2D eigenvalue weighted by Gasteiger charge is 2.06. The third-order valence-corrected chi connectivity index (χ3v) is 2.99. The average Bonchev–Trinajstić information content (AvgIpc) is 2.28. The highest BCUT2D eigenvalue weighted by molar-refractivity contribution is 6.30. The number of halogens is 1. The molecule has 0 amide bonds. The van der Waals surface area contributed by atoms with Gasteiger partial charge in [-0.25, -0.2) is 0 Å². The molecule has 0 atom stereocenters. The minimum atomic E-state index is 0.780. The van der Waals surface area contributed by atoms with Crippen LogP contribution in [-0.2, 0) is 0 Å². The summed E-state index contributed by atoms with van der Waals surface area (Å²) in [6, 6.07) is 6.04. The molecule has 0 nitrogen and oxygen atoms in total. The molecule has 0 aliphatic rings. The molecule has 0 unspecified atom stereocenters. The van der Waals surface area contributed by atoms with Gasteiger partial charge < -0.3 is 0 Å². The minimum Gasteiger partial charge on any atom is -0.0870 e. The van der Waals surface area contributed by atoms with Gasteiger partial charge in [-0.1, -0.05) is 41.5 Å². The van der Waals surface area contributed by atoms with E-state index < -0.39 is 0 Å². The lowest BCUT2D eigenvalue weighted by Crippen LogP contribution is -1.90. The van der Waals surface area contributed by atoms with Crippen LogP contribution in [0, 0.1) is 6.92 Å². The number of hydrogen-bond acceptors (Lipinski definition) is 0. The molecule has 0 heterocycles. The van der Waals surface area contributed by atoms with Crippen molar-refractivity contribution < 1.29 is 0 Å². The molecule has 0 aromatic heterocycles. The normalized spacial score (nSPS) is 12.6. The van der Waals surface area contributed by atoms with Crippen molar-refractivity contribution in [3.8, 4) is 0 Å². The van der Waals surface area contributed by atoms with E-state index in [9.17, 15) is 0 Å². The molecule has 0 spiro atoms. The van der Waals surface area contributed by atoms with Gasteiger partial charge in [-0.3, -0.25) is 0 Å². The van der Waals surface area contributed by atoms with Gasteiger partial charge in [0.25, 0.3) is 0 Å². The van der Waals surface area contributed by atoms with E-state index in [1.807, 2.05) is 19.1 Å². The van der Waals surface area contributed by atoms with Crippen molar-refractivity contribution in [1.82, 2.24) is 0 Å². The van der Waals surface area contributed by atoms with Crippen LogP contribution in [0.2, 0.25) is 5.02 Å². The van der Waals surface area contributed by atoms with Crippen molar-refractivity contribution in [3.05, 3.63) is 63.7 Å². The molecular weight excluding hydrogens is 240 g/mol. The lowest BCUT2D eigenvalue weighted by molar-refractivity contribution is 1.34. The molecule has 1 aromatic carbocycles. The van der Waals surface area contributed by atoms with Gasteiger partial charge in [-0.05, 0) is 69.0 Å². The van der Waals surface area contributed by atoms with Gasteiger partial charge in [0, 0.05) is 5.02 Å². The molecule has 0 fully saturated rings. The van der Waals surface area contributed by atoms with Crippen molar-refractivity contribution in [1.29, 1.82) is 0 Å². The number of benzene rings is 1. The Morgan fingerprint density at radius 1 is 1.17 bits per heavy atom. The third kappa shape index (κ3) is 3.89. The number of aryl methyl sites for hydroxylation is 1.